The Morgan fingerprint density at radius 2 is 2.04 bits per heavy atom. The Bertz CT molecular complexity index is 740. The number of sulfonamides is 1. The minimum Gasteiger partial charge on any atom is -0.346 e. The summed E-state index contributed by atoms with van der Waals surface area (Å²) in [5.74, 6) is 0.390. The Morgan fingerprint density at radius 1 is 1.30 bits per heavy atom. The van der Waals surface area contributed by atoms with Gasteiger partial charge in [-0.15, -0.1) is 11.3 Å². The molecule has 1 atom stereocenters. The molecule has 1 unspecified atom stereocenters. The molecule has 7 heteroatoms. The third kappa shape index (κ3) is 3.73. The molecule has 0 amide bonds. The summed E-state index contributed by atoms with van der Waals surface area (Å²) < 4.78 is 27.9. The highest BCUT2D eigenvalue weighted by Crippen LogP contribution is 2.23. The third-order valence-electron chi connectivity index (χ3n) is 4.06. The summed E-state index contributed by atoms with van der Waals surface area (Å²) >= 11 is 1.58. The van der Waals surface area contributed by atoms with Crippen molar-refractivity contribution in [2.75, 3.05) is 18.0 Å². The summed E-state index contributed by atoms with van der Waals surface area (Å²) in [4.78, 5) is 6.73. The minimum atomic E-state index is -3.47. The first-order valence-corrected chi connectivity index (χ1v) is 10.1. The van der Waals surface area contributed by atoms with E-state index in [1.54, 1.807) is 29.7 Å². The minimum absolute atomic E-state index is 0.0753. The first-order chi connectivity index (χ1) is 11.0. The molecule has 1 aromatic carbocycles. The number of nitrogens with one attached hydrogen (secondary N) is 1. The monoisotopic (exact) mass is 351 g/mol. The Hall–Kier alpha value is -1.44. The molecule has 0 spiro atoms. The van der Waals surface area contributed by atoms with Crippen LogP contribution in [-0.4, -0.2) is 32.5 Å². The van der Waals surface area contributed by atoms with Crippen molar-refractivity contribution in [2.24, 2.45) is 0 Å². The predicted octanol–water partition coefficient (Wildman–Crippen LogP) is 2.82. The molecule has 23 heavy (non-hydrogen) atoms. The van der Waals surface area contributed by atoms with E-state index in [4.69, 9.17) is 0 Å². The van der Waals surface area contributed by atoms with Crippen molar-refractivity contribution in [3.63, 3.8) is 0 Å². The first kappa shape index (κ1) is 16.4. The van der Waals surface area contributed by atoms with Gasteiger partial charge in [-0.05, 0) is 30.0 Å². The summed E-state index contributed by atoms with van der Waals surface area (Å²) in [6.45, 7) is 5.67. The van der Waals surface area contributed by atoms with Crippen molar-refractivity contribution < 1.29 is 8.42 Å². The zero-order chi connectivity index (χ0) is 16.4. The summed E-state index contributed by atoms with van der Waals surface area (Å²) in [5, 5.41) is 2.89. The molecule has 124 valence electrons. The Labute approximate surface area is 141 Å². The van der Waals surface area contributed by atoms with Gasteiger partial charge in [0, 0.05) is 30.7 Å². The number of thiazole rings is 1. The first-order valence-electron chi connectivity index (χ1n) is 7.72. The fourth-order valence-corrected chi connectivity index (χ4v) is 4.66. The number of hydrogen-bond donors (Lipinski definition) is 1. The van der Waals surface area contributed by atoms with Gasteiger partial charge in [-0.3, -0.25) is 0 Å². The smallest absolute Gasteiger partial charge is 0.240 e. The van der Waals surface area contributed by atoms with Crippen LogP contribution in [0.2, 0.25) is 0 Å². The predicted molar refractivity (Wildman–Crippen MR) is 93.6 cm³/mol. The number of aromatic nitrogens is 1. The van der Waals surface area contributed by atoms with E-state index in [9.17, 15) is 8.42 Å². The van der Waals surface area contributed by atoms with E-state index in [0.717, 1.165) is 23.7 Å². The maximum Gasteiger partial charge on any atom is 0.240 e. The molecule has 0 bridgehead atoms. The molecule has 1 aliphatic heterocycles. The zero-order valence-corrected chi connectivity index (χ0v) is 14.9. The lowest BCUT2D eigenvalue weighted by Crippen LogP contribution is -2.37. The van der Waals surface area contributed by atoms with E-state index in [1.165, 1.54) is 0 Å². The molecule has 1 aliphatic rings. The van der Waals surface area contributed by atoms with Gasteiger partial charge in [0.15, 0.2) is 5.13 Å². The lowest BCUT2D eigenvalue weighted by atomic mass is 10.0. The largest absolute Gasteiger partial charge is 0.346 e. The van der Waals surface area contributed by atoms with Crippen molar-refractivity contribution in [1.29, 1.82) is 0 Å². The van der Waals surface area contributed by atoms with Crippen LogP contribution in [0.15, 0.2) is 40.7 Å². The van der Waals surface area contributed by atoms with E-state index in [1.807, 2.05) is 17.5 Å². The second-order valence-corrected chi connectivity index (χ2v) is 8.68. The molecule has 0 radical (unpaired) electrons. The summed E-state index contributed by atoms with van der Waals surface area (Å²) in [5.41, 5.74) is 1.14. The Kier molecular flexibility index (Phi) is 4.70. The van der Waals surface area contributed by atoms with E-state index in [2.05, 4.69) is 28.5 Å². The fourth-order valence-electron chi connectivity index (χ4n) is 2.72. The number of benzene rings is 1. The van der Waals surface area contributed by atoms with E-state index in [0.29, 0.717) is 17.4 Å². The van der Waals surface area contributed by atoms with Crippen LogP contribution >= 0.6 is 11.3 Å². The third-order valence-corrected chi connectivity index (χ3v) is 6.43. The fraction of sp³-hybridized carbons (Fsp3) is 0.438. The highest BCUT2D eigenvalue weighted by atomic mass is 32.2. The second-order valence-electron chi connectivity index (χ2n) is 6.09. The molecule has 1 N–H and O–H groups in total. The molecule has 1 aromatic heterocycles. The van der Waals surface area contributed by atoms with Gasteiger partial charge in [-0.2, -0.15) is 0 Å². The van der Waals surface area contributed by atoms with Crippen LogP contribution in [0, 0.1) is 0 Å². The topological polar surface area (TPSA) is 62.3 Å². The van der Waals surface area contributed by atoms with Gasteiger partial charge in [0.1, 0.15) is 0 Å². The van der Waals surface area contributed by atoms with Gasteiger partial charge in [-0.1, -0.05) is 26.0 Å². The molecule has 5 nitrogen and oxygen atoms in total. The molecule has 1 fully saturated rings. The Morgan fingerprint density at radius 3 is 2.65 bits per heavy atom. The Balaban J connectivity index is 1.67. The van der Waals surface area contributed by atoms with Crippen LogP contribution in [0.3, 0.4) is 0 Å². The van der Waals surface area contributed by atoms with Crippen molar-refractivity contribution in [3.05, 3.63) is 41.4 Å². The van der Waals surface area contributed by atoms with Crippen LogP contribution in [0.25, 0.3) is 0 Å². The molecule has 0 saturated carbocycles. The van der Waals surface area contributed by atoms with Gasteiger partial charge < -0.3 is 4.90 Å². The molecule has 0 aliphatic carbocycles. The van der Waals surface area contributed by atoms with Crippen molar-refractivity contribution in [1.82, 2.24) is 9.71 Å². The zero-order valence-electron chi connectivity index (χ0n) is 13.3. The van der Waals surface area contributed by atoms with Gasteiger partial charge in [-0.25, -0.2) is 18.1 Å². The van der Waals surface area contributed by atoms with Gasteiger partial charge in [0.05, 0.1) is 4.90 Å². The van der Waals surface area contributed by atoms with Gasteiger partial charge in [0.25, 0.3) is 0 Å². The molecule has 1 saturated heterocycles. The van der Waals surface area contributed by atoms with E-state index >= 15 is 0 Å². The van der Waals surface area contributed by atoms with Crippen molar-refractivity contribution in [2.45, 2.75) is 37.1 Å². The molecular formula is C16H21N3O2S2. The van der Waals surface area contributed by atoms with Gasteiger partial charge in [0.2, 0.25) is 10.0 Å². The van der Waals surface area contributed by atoms with E-state index in [-0.39, 0.29) is 6.04 Å². The SMILES string of the molecule is CC(C)c1ccc(S(=O)(=O)NC2CCN(c3nccs3)C2)cc1. The van der Waals surface area contributed by atoms with Crippen LogP contribution in [0.1, 0.15) is 31.7 Å². The van der Waals surface area contributed by atoms with E-state index < -0.39 is 10.0 Å². The van der Waals surface area contributed by atoms with Crippen LogP contribution in [0.5, 0.6) is 0 Å². The lowest BCUT2D eigenvalue weighted by molar-refractivity contribution is 0.561. The van der Waals surface area contributed by atoms with Crippen LogP contribution in [0.4, 0.5) is 5.13 Å². The van der Waals surface area contributed by atoms with Crippen LogP contribution in [-0.2, 0) is 10.0 Å². The average Bonchev–Trinajstić information content (AvgIpc) is 3.18. The number of hydrogen-bond acceptors (Lipinski definition) is 5. The normalized spacial score (nSPS) is 18.7. The molecule has 3 rings (SSSR count). The average molecular weight is 351 g/mol. The second kappa shape index (κ2) is 6.59. The van der Waals surface area contributed by atoms with Crippen LogP contribution < -0.4 is 9.62 Å². The van der Waals surface area contributed by atoms with Crippen molar-refractivity contribution >= 4 is 26.5 Å². The maximum absolute atomic E-state index is 12.5. The number of nitrogens with zero attached hydrogens (tertiary/aromatic N) is 2. The molecular weight excluding hydrogens is 330 g/mol. The maximum atomic E-state index is 12.5. The summed E-state index contributed by atoms with van der Waals surface area (Å²) in [6.07, 6.45) is 2.57. The summed E-state index contributed by atoms with van der Waals surface area (Å²) in [6, 6.07) is 7.07. The van der Waals surface area contributed by atoms with Crippen molar-refractivity contribution in [3.8, 4) is 0 Å². The number of rotatable bonds is 5. The molecule has 2 heterocycles. The standard InChI is InChI=1S/C16H21N3O2S2/c1-12(2)13-3-5-15(6-4-13)23(20,21)18-14-7-9-19(11-14)16-17-8-10-22-16/h3-6,8,10,12,14,18H,7,9,11H2,1-2H3. The lowest BCUT2D eigenvalue weighted by Gasteiger charge is -2.16. The van der Waals surface area contributed by atoms with Gasteiger partial charge >= 0.3 is 0 Å². The molecule has 2 aromatic rings. The quantitative estimate of drug-likeness (QED) is 0.900. The number of anilines is 1. The summed E-state index contributed by atoms with van der Waals surface area (Å²) in [7, 11) is -3.47. The highest BCUT2D eigenvalue weighted by Gasteiger charge is 2.28. The highest BCUT2D eigenvalue weighted by molar-refractivity contribution is 7.89.